The Balaban J connectivity index is 2.99. The number of hydrogen-bond donors (Lipinski definition) is 8. The van der Waals surface area contributed by atoms with E-state index in [0.717, 1.165) is 0 Å². The monoisotopic (exact) mass is 511 g/mol. The van der Waals surface area contributed by atoms with Gasteiger partial charge in [-0.15, -0.1) is 0 Å². The van der Waals surface area contributed by atoms with Crippen LogP contribution in [0.25, 0.3) is 0 Å². The number of carbonyl (C=O) groups is 6. The summed E-state index contributed by atoms with van der Waals surface area (Å²) in [6, 6.07) is -5.00. The van der Waals surface area contributed by atoms with E-state index in [2.05, 4.69) is 25.9 Å². The number of carboxylic acid groups (broad SMARTS) is 2. The van der Waals surface area contributed by atoms with Gasteiger partial charge >= 0.3 is 11.9 Å². The average Bonchev–Trinajstić information content (AvgIpc) is 3.30. The number of amides is 4. The molecule has 4 unspecified atom stereocenters. The van der Waals surface area contributed by atoms with Crippen LogP contribution in [-0.2, 0) is 35.2 Å². The van der Waals surface area contributed by atoms with E-state index in [1.54, 1.807) is 13.8 Å². The van der Waals surface area contributed by atoms with Crippen molar-refractivity contribution < 1.29 is 39.0 Å². The highest BCUT2D eigenvalue weighted by Gasteiger charge is 2.32. The predicted octanol–water partition coefficient (Wildman–Crippen LogP) is -2.40. The van der Waals surface area contributed by atoms with Gasteiger partial charge in [-0.1, -0.05) is 13.8 Å². The second kappa shape index (κ2) is 14.4. The smallest absolute Gasteiger partial charge is 0.326 e. The van der Waals surface area contributed by atoms with Crippen LogP contribution in [-0.4, -0.2) is 79.9 Å². The molecular formula is C21H33N7O8. The van der Waals surface area contributed by atoms with Crippen molar-refractivity contribution in [2.24, 2.45) is 17.4 Å². The molecule has 0 aliphatic rings. The van der Waals surface area contributed by atoms with E-state index in [-0.39, 0.29) is 25.7 Å². The number of nitrogens with two attached hydrogens (primary N) is 2. The minimum absolute atomic E-state index is 0.0382. The van der Waals surface area contributed by atoms with Gasteiger partial charge in [-0.2, -0.15) is 0 Å². The molecular weight excluding hydrogens is 478 g/mol. The largest absolute Gasteiger partial charge is 0.481 e. The first-order chi connectivity index (χ1) is 16.8. The third-order valence-electron chi connectivity index (χ3n) is 5.16. The highest BCUT2D eigenvalue weighted by Crippen LogP contribution is 2.08. The first-order valence-electron chi connectivity index (χ1n) is 11.2. The fourth-order valence-corrected chi connectivity index (χ4v) is 3.11. The summed E-state index contributed by atoms with van der Waals surface area (Å²) in [5.41, 5.74) is 11.4. The number of hydrogen-bond acceptors (Lipinski definition) is 8. The van der Waals surface area contributed by atoms with Crippen LogP contribution in [0.5, 0.6) is 0 Å². The lowest BCUT2D eigenvalue weighted by atomic mass is 10.0. The van der Waals surface area contributed by atoms with Crippen molar-refractivity contribution in [3.8, 4) is 0 Å². The zero-order chi connectivity index (χ0) is 27.4. The molecule has 0 spiro atoms. The number of aromatic nitrogens is 2. The Morgan fingerprint density at radius 1 is 0.944 bits per heavy atom. The molecule has 1 rings (SSSR count). The molecule has 15 heteroatoms. The topological polar surface area (TPSA) is 260 Å². The van der Waals surface area contributed by atoms with Gasteiger partial charge in [0, 0.05) is 31.2 Å². The number of nitrogens with one attached hydrogen (secondary N) is 4. The van der Waals surface area contributed by atoms with Gasteiger partial charge in [0.25, 0.3) is 0 Å². The van der Waals surface area contributed by atoms with Crippen LogP contribution in [0.3, 0.4) is 0 Å². The summed E-state index contributed by atoms with van der Waals surface area (Å²) in [6.45, 7) is 3.22. The predicted molar refractivity (Wildman–Crippen MR) is 124 cm³/mol. The third kappa shape index (κ3) is 10.5. The fraction of sp³-hybridized carbons (Fsp3) is 0.571. The summed E-state index contributed by atoms with van der Waals surface area (Å²) in [6.07, 6.45) is 1.77. The molecule has 0 saturated heterocycles. The molecule has 0 radical (unpaired) electrons. The van der Waals surface area contributed by atoms with Gasteiger partial charge in [0.2, 0.25) is 23.6 Å². The Morgan fingerprint density at radius 3 is 2.08 bits per heavy atom. The summed E-state index contributed by atoms with van der Waals surface area (Å²) in [5, 5.41) is 25.3. The van der Waals surface area contributed by atoms with Gasteiger partial charge in [-0.3, -0.25) is 24.0 Å². The number of H-pyrrole nitrogens is 1. The first-order valence-corrected chi connectivity index (χ1v) is 11.2. The maximum Gasteiger partial charge on any atom is 0.326 e. The van der Waals surface area contributed by atoms with Crippen LogP contribution in [0.2, 0.25) is 0 Å². The number of nitrogens with zero attached hydrogens (tertiary/aromatic N) is 1. The molecule has 0 aliphatic heterocycles. The Labute approximate surface area is 206 Å². The Morgan fingerprint density at radius 2 is 1.58 bits per heavy atom. The molecule has 10 N–H and O–H groups in total. The summed E-state index contributed by atoms with van der Waals surface area (Å²) in [4.78, 5) is 78.2. The maximum atomic E-state index is 13.1. The lowest BCUT2D eigenvalue weighted by Crippen LogP contribution is -2.59. The minimum Gasteiger partial charge on any atom is -0.481 e. The molecule has 36 heavy (non-hydrogen) atoms. The van der Waals surface area contributed by atoms with E-state index < -0.39 is 72.1 Å². The lowest BCUT2D eigenvalue weighted by Gasteiger charge is -2.27. The molecule has 1 aromatic rings. The van der Waals surface area contributed by atoms with Crippen molar-refractivity contribution >= 4 is 35.6 Å². The van der Waals surface area contributed by atoms with E-state index >= 15 is 0 Å². The zero-order valence-electron chi connectivity index (χ0n) is 20.0. The van der Waals surface area contributed by atoms with Crippen LogP contribution in [0, 0.1) is 5.92 Å². The van der Waals surface area contributed by atoms with Crippen LogP contribution in [0.4, 0.5) is 0 Å². The van der Waals surface area contributed by atoms with E-state index in [1.807, 2.05) is 0 Å². The summed E-state index contributed by atoms with van der Waals surface area (Å²) in [5.74, 6) is -6.10. The van der Waals surface area contributed by atoms with Crippen molar-refractivity contribution in [3.05, 3.63) is 18.2 Å². The first kappa shape index (κ1) is 30.0. The summed E-state index contributed by atoms with van der Waals surface area (Å²) < 4.78 is 0. The lowest BCUT2D eigenvalue weighted by molar-refractivity contribution is -0.143. The van der Waals surface area contributed by atoms with Crippen LogP contribution < -0.4 is 27.4 Å². The van der Waals surface area contributed by atoms with E-state index in [0.29, 0.717) is 5.69 Å². The number of aliphatic carboxylic acids is 2. The van der Waals surface area contributed by atoms with Gasteiger partial charge in [0.1, 0.15) is 18.1 Å². The molecule has 0 saturated carbocycles. The quantitative estimate of drug-likeness (QED) is 0.117. The number of imidazole rings is 1. The number of carboxylic acids is 2. The fourth-order valence-electron chi connectivity index (χ4n) is 3.11. The SMILES string of the molecule is CC(C)C(NC(=O)C(Cc1cnc[nH]1)NC(=O)C(N)CCC(N)=O)C(=O)NC(CCC(=O)O)C(=O)O. The third-order valence-corrected chi connectivity index (χ3v) is 5.16. The van der Waals surface area contributed by atoms with E-state index in [4.69, 9.17) is 16.6 Å². The van der Waals surface area contributed by atoms with Crippen LogP contribution >= 0.6 is 0 Å². The molecule has 0 aliphatic carbocycles. The molecule has 0 fully saturated rings. The van der Waals surface area contributed by atoms with Crippen LogP contribution in [0.15, 0.2) is 12.5 Å². The number of rotatable bonds is 16. The second-order valence-electron chi connectivity index (χ2n) is 8.52. The van der Waals surface area contributed by atoms with Gasteiger partial charge in [-0.25, -0.2) is 9.78 Å². The standard InChI is InChI=1S/C21H33N7O8/c1-10(2)17(20(34)26-13(21(35)36)4-6-16(30)31)28-19(33)14(7-11-8-24-9-25-11)27-18(32)12(22)3-5-15(23)29/h8-10,12-14,17H,3-7,22H2,1-2H3,(H2,23,29)(H,24,25)(H,26,34)(H,27,32)(H,28,33)(H,30,31)(H,35,36). The highest BCUT2D eigenvalue weighted by atomic mass is 16.4. The number of primary amides is 1. The van der Waals surface area contributed by atoms with Crippen molar-refractivity contribution in [1.29, 1.82) is 0 Å². The van der Waals surface area contributed by atoms with Gasteiger partial charge in [0.15, 0.2) is 0 Å². The van der Waals surface area contributed by atoms with E-state index in [1.165, 1.54) is 12.5 Å². The minimum atomic E-state index is -1.48. The van der Waals surface area contributed by atoms with E-state index in [9.17, 15) is 33.9 Å². The molecule has 4 atom stereocenters. The molecule has 4 amide bonds. The van der Waals surface area contributed by atoms with Crippen molar-refractivity contribution in [2.45, 2.75) is 70.1 Å². The molecule has 1 aromatic heterocycles. The Kier molecular flexibility index (Phi) is 12.0. The van der Waals surface area contributed by atoms with Gasteiger partial charge in [0.05, 0.1) is 12.4 Å². The number of carbonyl (C=O) groups excluding carboxylic acids is 4. The highest BCUT2D eigenvalue weighted by molar-refractivity contribution is 5.94. The second-order valence-corrected chi connectivity index (χ2v) is 8.52. The van der Waals surface area contributed by atoms with Crippen molar-refractivity contribution in [3.63, 3.8) is 0 Å². The Hall–Kier alpha value is -4.01. The zero-order valence-corrected chi connectivity index (χ0v) is 20.0. The van der Waals surface area contributed by atoms with Crippen molar-refractivity contribution in [1.82, 2.24) is 25.9 Å². The normalized spacial score (nSPS) is 14.2. The average molecular weight is 512 g/mol. The van der Waals surface area contributed by atoms with Gasteiger partial charge in [-0.05, 0) is 18.8 Å². The summed E-state index contributed by atoms with van der Waals surface area (Å²) in [7, 11) is 0. The van der Waals surface area contributed by atoms with Gasteiger partial charge < -0.3 is 42.6 Å². The maximum absolute atomic E-state index is 13.1. The molecule has 200 valence electrons. The summed E-state index contributed by atoms with van der Waals surface area (Å²) >= 11 is 0. The molecule has 1 heterocycles. The molecule has 0 bridgehead atoms. The van der Waals surface area contributed by atoms with Crippen molar-refractivity contribution in [2.75, 3.05) is 0 Å². The number of aromatic amines is 1. The Bertz CT molecular complexity index is 935. The molecule has 0 aromatic carbocycles. The molecule has 15 nitrogen and oxygen atoms in total. The van der Waals surface area contributed by atoms with Crippen LogP contribution in [0.1, 0.15) is 45.2 Å².